The molecule has 0 spiro atoms. The predicted octanol–water partition coefficient (Wildman–Crippen LogP) is 2.96. The van der Waals surface area contributed by atoms with Crippen molar-refractivity contribution in [2.75, 3.05) is 11.4 Å². The van der Waals surface area contributed by atoms with Gasteiger partial charge in [-0.15, -0.1) is 11.3 Å². The van der Waals surface area contributed by atoms with Crippen LogP contribution >= 0.6 is 11.3 Å². The van der Waals surface area contributed by atoms with E-state index in [1.54, 1.807) is 17.7 Å². The Morgan fingerprint density at radius 3 is 2.75 bits per heavy atom. The highest BCUT2D eigenvalue weighted by Crippen LogP contribution is 2.44. The van der Waals surface area contributed by atoms with E-state index in [1.807, 2.05) is 5.38 Å². The van der Waals surface area contributed by atoms with Crippen molar-refractivity contribution in [1.29, 1.82) is 0 Å². The molecule has 2 aromatic rings. The fraction of sp³-hybridized carbons (Fsp3) is 0.611. The van der Waals surface area contributed by atoms with E-state index in [4.69, 9.17) is 0 Å². The van der Waals surface area contributed by atoms with Gasteiger partial charge in [-0.25, -0.2) is 9.97 Å². The number of carbonyl (C=O) groups excluding carboxylic acids is 1. The molecule has 0 bridgehead atoms. The number of hydrogen-bond acceptors (Lipinski definition) is 5. The van der Waals surface area contributed by atoms with Crippen molar-refractivity contribution < 1.29 is 4.79 Å². The lowest BCUT2D eigenvalue weighted by atomic mass is 10.1. The Labute approximate surface area is 145 Å². The number of carbonyl (C=O) groups is 1. The first-order chi connectivity index (χ1) is 11.8. The highest BCUT2D eigenvalue weighted by molar-refractivity contribution is 7.16. The van der Waals surface area contributed by atoms with Crippen LogP contribution in [0.2, 0.25) is 0 Å². The summed E-state index contributed by atoms with van der Waals surface area (Å²) in [6.07, 6.45) is 8.75. The highest BCUT2D eigenvalue weighted by atomic mass is 32.1. The van der Waals surface area contributed by atoms with Crippen molar-refractivity contribution in [2.45, 2.75) is 50.6 Å². The summed E-state index contributed by atoms with van der Waals surface area (Å²) in [4.78, 5) is 25.0. The van der Waals surface area contributed by atoms with E-state index in [-0.39, 0.29) is 11.9 Å². The van der Waals surface area contributed by atoms with E-state index in [9.17, 15) is 4.79 Å². The first kappa shape index (κ1) is 14.6. The fourth-order valence-electron chi connectivity index (χ4n) is 4.09. The molecule has 5 rings (SSSR count). The van der Waals surface area contributed by atoms with Crippen LogP contribution in [-0.4, -0.2) is 34.5 Å². The monoisotopic (exact) mass is 342 g/mol. The minimum Gasteiger partial charge on any atom is -0.351 e. The SMILES string of the molecule is O=C(NC(C1CC1)C1CC1)[C@@H]1CCCN1c1ncnc2sccc12. The Kier molecular flexibility index (Phi) is 3.47. The van der Waals surface area contributed by atoms with Crippen LogP contribution in [0.15, 0.2) is 17.8 Å². The fourth-order valence-corrected chi connectivity index (χ4v) is 4.82. The lowest BCUT2D eigenvalue weighted by Gasteiger charge is -2.27. The van der Waals surface area contributed by atoms with E-state index in [0.29, 0.717) is 6.04 Å². The van der Waals surface area contributed by atoms with E-state index < -0.39 is 0 Å². The molecule has 3 fully saturated rings. The Hall–Kier alpha value is -1.69. The molecule has 0 unspecified atom stereocenters. The molecule has 2 aliphatic carbocycles. The van der Waals surface area contributed by atoms with Crippen LogP contribution in [0.3, 0.4) is 0 Å². The number of rotatable bonds is 5. The van der Waals surface area contributed by atoms with Gasteiger partial charge in [0, 0.05) is 12.6 Å². The minimum atomic E-state index is -0.0806. The van der Waals surface area contributed by atoms with E-state index in [0.717, 1.165) is 47.3 Å². The minimum absolute atomic E-state index is 0.0806. The molecule has 0 radical (unpaired) electrons. The van der Waals surface area contributed by atoms with Crippen LogP contribution in [0.25, 0.3) is 10.2 Å². The van der Waals surface area contributed by atoms with Crippen LogP contribution in [0.4, 0.5) is 5.82 Å². The summed E-state index contributed by atoms with van der Waals surface area (Å²) in [6.45, 7) is 0.900. The molecule has 3 aliphatic rings. The highest BCUT2D eigenvalue weighted by Gasteiger charge is 2.44. The molecule has 24 heavy (non-hydrogen) atoms. The van der Waals surface area contributed by atoms with Gasteiger partial charge in [-0.3, -0.25) is 4.79 Å². The first-order valence-corrected chi connectivity index (χ1v) is 9.94. The number of anilines is 1. The van der Waals surface area contributed by atoms with Crippen LogP contribution < -0.4 is 10.2 Å². The van der Waals surface area contributed by atoms with Crippen molar-refractivity contribution in [3.05, 3.63) is 17.8 Å². The summed E-state index contributed by atoms with van der Waals surface area (Å²) in [5.41, 5.74) is 0. The number of aromatic nitrogens is 2. The summed E-state index contributed by atoms with van der Waals surface area (Å²) < 4.78 is 0. The third kappa shape index (κ3) is 2.57. The Balaban J connectivity index is 1.38. The number of hydrogen-bond donors (Lipinski definition) is 1. The summed E-state index contributed by atoms with van der Waals surface area (Å²) in [5.74, 6) is 2.60. The molecule has 2 aromatic heterocycles. The molecular formula is C18H22N4OS. The second kappa shape index (κ2) is 5.69. The van der Waals surface area contributed by atoms with Gasteiger partial charge >= 0.3 is 0 Å². The van der Waals surface area contributed by atoms with E-state index in [2.05, 4.69) is 26.3 Å². The number of thiophene rings is 1. The smallest absolute Gasteiger partial charge is 0.242 e. The number of fused-ring (bicyclic) bond motifs is 1. The zero-order valence-corrected chi connectivity index (χ0v) is 14.5. The van der Waals surface area contributed by atoms with Gasteiger partial charge in [0.25, 0.3) is 0 Å². The molecule has 0 aromatic carbocycles. The molecule has 1 aliphatic heterocycles. The summed E-state index contributed by atoms with van der Waals surface area (Å²) in [5, 5.41) is 6.52. The first-order valence-electron chi connectivity index (χ1n) is 9.06. The summed E-state index contributed by atoms with van der Waals surface area (Å²) in [6, 6.07) is 2.41. The third-order valence-electron chi connectivity index (χ3n) is 5.64. The van der Waals surface area contributed by atoms with Gasteiger partial charge in [0.15, 0.2) is 0 Å². The summed E-state index contributed by atoms with van der Waals surface area (Å²) in [7, 11) is 0. The van der Waals surface area contributed by atoms with Gasteiger partial charge in [0.1, 0.15) is 23.0 Å². The van der Waals surface area contributed by atoms with Crippen molar-refractivity contribution in [3.63, 3.8) is 0 Å². The molecule has 1 atom stereocenters. The van der Waals surface area contributed by atoms with Crippen LogP contribution in [0.5, 0.6) is 0 Å². The molecule has 6 heteroatoms. The summed E-state index contributed by atoms with van der Waals surface area (Å²) >= 11 is 1.63. The normalized spacial score (nSPS) is 24.0. The molecule has 1 amide bonds. The van der Waals surface area contributed by atoms with E-state index >= 15 is 0 Å². The average molecular weight is 342 g/mol. The standard InChI is InChI=1S/C18H22N4OS/c23-17(21-15(11-3-4-11)12-5-6-12)14-2-1-8-22(14)16-13-7-9-24-18(13)20-10-19-16/h7,9-12,14-15H,1-6,8H2,(H,21,23)/t14-/m0/s1. The van der Waals surface area contributed by atoms with Gasteiger partial charge in [-0.2, -0.15) is 0 Å². The predicted molar refractivity (Wildman–Crippen MR) is 95.2 cm³/mol. The largest absolute Gasteiger partial charge is 0.351 e. The lowest BCUT2D eigenvalue weighted by Crippen LogP contribution is -2.48. The average Bonchev–Trinajstić information content (AvgIpc) is 3.51. The Morgan fingerprint density at radius 2 is 2.00 bits per heavy atom. The lowest BCUT2D eigenvalue weighted by molar-refractivity contribution is -0.123. The quantitative estimate of drug-likeness (QED) is 0.907. The van der Waals surface area contributed by atoms with Crippen molar-refractivity contribution in [1.82, 2.24) is 15.3 Å². The Bertz CT molecular complexity index is 755. The maximum atomic E-state index is 13.0. The number of nitrogens with zero attached hydrogens (tertiary/aromatic N) is 3. The van der Waals surface area contributed by atoms with Crippen molar-refractivity contribution in [3.8, 4) is 0 Å². The molecule has 2 saturated carbocycles. The van der Waals surface area contributed by atoms with Crippen molar-refractivity contribution in [2.24, 2.45) is 11.8 Å². The molecule has 5 nitrogen and oxygen atoms in total. The maximum absolute atomic E-state index is 13.0. The van der Waals surface area contributed by atoms with Gasteiger partial charge < -0.3 is 10.2 Å². The number of amides is 1. The van der Waals surface area contributed by atoms with Crippen molar-refractivity contribution >= 4 is 33.3 Å². The Morgan fingerprint density at radius 1 is 1.21 bits per heavy atom. The van der Waals surface area contributed by atoms with Gasteiger partial charge in [0.05, 0.1) is 5.39 Å². The van der Waals surface area contributed by atoms with Crippen LogP contribution in [-0.2, 0) is 4.79 Å². The maximum Gasteiger partial charge on any atom is 0.242 e. The molecule has 126 valence electrons. The third-order valence-corrected chi connectivity index (χ3v) is 6.46. The second-order valence-corrected chi connectivity index (χ2v) is 8.29. The zero-order chi connectivity index (χ0) is 16.1. The molecular weight excluding hydrogens is 320 g/mol. The number of nitrogens with one attached hydrogen (secondary N) is 1. The topological polar surface area (TPSA) is 58.1 Å². The molecule has 1 N–H and O–H groups in total. The van der Waals surface area contributed by atoms with Crippen LogP contribution in [0, 0.1) is 11.8 Å². The molecule has 1 saturated heterocycles. The van der Waals surface area contributed by atoms with Gasteiger partial charge in [-0.1, -0.05) is 0 Å². The molecule has 3 heterocycles. The van der Waals surface area contributed by atoms with Crippen LogP contribution in [0.1, 0.15) is 38.5 Å². The second-order valence-electron chi connectivity index (χ2n) is 7.40. The van der Waals surface area contributed by atoms with Gasteiger partial charge in [0.2, 0.25) is 5.91 Å². The van der Waals surface area contributed by atoms with E-state index in [1.165, 1.54) is 25.7 Å². The van der Waals surface area contributed by atoms with Gasteiger partial charge in [-0.05, 0) is 61.8 Å². The zero-order valence-electron chi connectivity index (χ0n) is 13.6.